The Morgan fingerprint density at radius 2 is 1.57 bits per heavy atom. The van der Waals surface area contributed by atoms with Gasteiger partial charge in [0.15, 0.2) is 0 Å². The number of ether oxygens (including phenoxy) is 1. The molecule has 9 heteroatoms. The normalized spacial score (nSPS) is 25.5. The number of hydrogen-bond donors (Lipinski definition) is 2. The summed E-state index contributed by atoms with van der Waals surface area (Å²) in [5, 5.41) is 12.6. The fraction of sp³-hybridized carbons (Fsp3) is 0.400. The highest BCUT2D eigenvalue weighted by molar-refractivity contribution is 6.05. The third kappa shape index (κ3) is 6.86. The number of fused-ring (bicyclic) bond motifs is 2. The molecular weight excluding hydrogens is 677 g/mol. The van der Waals surface area contributed by atoms with Crippen molar-refractivity contribution >= 4 is 23.4 Å². The number of hydrogen-bond acceptors (Lipinski definition) is 7. The number of carbonyl (C=O) groups excluding carboxylic acids is 3. The van der Waals surface area contributed by atoms with Gasteiger partial charge in [-0.15, -0.1) is 0 Å². The summed E-state index contributed by atoms with van der Waals surface area (Å²) < 4.78 is 6.45. The van der Waals surface area contributed by atoms with E-state index >= 15 is 0 Å². The molecule has 2 aliphatic carbocycles. The van der Waals surface area contributed by atoms with Crippen LogP contribution in [0.1, 0.15) is 88.5 Å². The Balaban J connectivity index is 0.739. The predicted molar refractivity (Wildman–Crippen MR) is 207 cm³/mol. The molecule has 4 aromatic carbocycles. The minimum absolute atomic E-state index is 0.126. The molecule has 0 radical (unpaired) electrons. The first-order valence-electron chi connectivity index (χ1n) is 19.7. The standard InChI is InChI=1S/C45H48N4O5/c50-35-10-15-39-32(27-35)8-13-38(30-4-2-1-3-5-30)43(39)31-6-11-36(12-7-31)54-37-24-29(25-37)18-19-47-20-22-48(23-21-47)34-9-14-40-33(26-34)28-49(45(40)53)41-16-17-42(51)46-44(41)52/h1-7,9-12,14-15,26-27,29,37-38,41,43,50H,8,13,16-25,28H2,(H,46,51,52)/t29?,37?,38-,41?,43+/m1/s1. The molecule has 278 valence electrons. The summed E-state index contributed by atoms with van der Waals surface area (Å²) in [6, 6.07) is 30.9. The molecular formula is C45H48N4O5. The maximum Gasteiger partial charge on any atom is 0.255 e. The summed E-state index contributed by atoms with van der Waals surface area (Å²) in [4.78, 5) is 43.7. The van der Waals surface area contributed by atoms with Crippen molar-refractivity contribution in [3.63, 3.8) is 0 Å². The molecule has 0 spiro atoms. The third-order valence-corrected chi connectivity index (χ3v) is 12.6. The van der Waals surface area contributed by atoms with Gasteiger partial charge < -0.3 is 19.6 Å². The van der Waals surface area contributed by atoms with Gasteiger partial charge >= 0.3 is 0 Å². The number of nitrogens with one attached hydrogen (secondary N) is 1. The molecule has 3 heterocycles. The van der Waals surface area contributed by atoms with E-state index in [4.69, 9.17) is 4.74 Å². The second kappa shape index (κ2) is 14.6. The molecule has 5 aliphatic rings. The van der Waals surface area contributed by atoms with Gasteiger partial charge in [0.2, 0.25) is 11.8 Å². The Morgan fingerprint density at radius 1 is 0.778 bits per heavy atom. The second-order valence-electron chi connectivity index (χ2n) is 15.9. The number of phenolic OH excluding ortho intramolecular Hbond substituents is 1. The van der Waals surface area contributed by atoms with E-state index in [1.54, 1.807) is 4.90 Å². The van der Waals surface area contributed by atoms with Crippen molar-refractivity contribution in [2.75, 3.05) is 37.6 Å². The van der Waals surface area contributed by atoms with Crippen LogP contribution in [0.25, 0.3) is 0 Å². The maximum atomic E-state index is 13.1. The van der Waals surface area contributed by atoms with Crippen molar-refractivity contribution < 1.29 is 24.2 Å². The molecule has 2 saturated heterocycles. The topological polar surface area (TPSA) is 102 Å². The number of benzene rings is 4. The molecule has 0 aromatic heterocycles. The van der Waals surface area contributed by atoms with Crippen LogP contribution in [0.2, 0.25) is 0 Å². The van der Waals surface area contributed by atoms with Crippen molar-refractivity contribution in [3.8, 4) is 11.5 Å². The van der Waals surface area contributed by atoms with Crippen molar-refractivity contribution in [1.82, 2.24) is 15.1 Å². The van der Waals surface area contributed by atoms with Crippen LogP contribution in [0.4, 0.5) is 5.69 Å². The first kappa shape index (κ1) is 34.6. The lowest BCUT2D eigenvalue weighted by Gasteiger charge is -2.39. The Hall–Kier alpha value is -5.15. The van der Waals surface area contributed by atoms with E-state index in [0.29, 0.717) is 36.1 Å². The number of imide groups is 1. The zero-order valence-corrected chi connectivity index (χ0v) is 30.7. The average Bonchev–Trinajstić information content (AvgIpc) is 3.50. The largest absolute Gasteiger partial charge is 0.508 e. The van der Waals surface area contributed by atoms with Crippen LogP contribution in [0, 0.1) is 5.92 Å². The van der Waals surface area contributed by atoms with Gasteiger partial charge in [0.05, 0.1) is 6.10 Å². The van der Waals surface area contributed by atoms with Crippen LogP contribution in [0.3, 0.4) is 0 Å². The summed E-state index contributed by atoms with van der Waals surface area (Å²) in [6.45, 7) is 5.41. The van der Waals surface area contributed by atoms with E-state index in [1.807, 2.05) is 24.3 Å². The number of aryl methyl sites for hydroxylation is 1. The summed E-state index contributed by atoms with van der Waals surface area (Å²) in [5.41, 5.74) is 7.95. The van der Waals surface area contributed by atoms with Crippen molar-refractivity contribution in [3.05, 3.63) is 124 Å². The van der Waals surface area contributed by atoms with E-state index in [9.17, 15) is 19.5 Å². The SMILES string of the molecule is O=C1CCC(N2Cc3cc(N4CCN(CCC5CC(Oc6ccc([C@@H]7c8ccc(O)cc8CC[C@@H]7c7ccccc7)cc6)C5)CC4)ccc3C2=O)C(=O)N1. The Labute approximate surface area is 316 Å². The number of carbonyl (C=O) groups is 3. The number of aromatic hydroxyl groups is 1. The fourth-order valence-electron chi connectivity index (χ4n) is 9.58. The van der Waals surface area contributed by atoms with Gasteiger partial charge in [-0.1, -0.05) is 48.5 Å². The molecule has 3 atom stereocenters. The molecule has 9 rings (SSSR count). The quantitative estimate of drug-likeness (QED) is 0.193. The van der Waals surface area contributed by atoms with Gasteiger partial charge in [-0.25, -0.2) is 0 Å². The average molecular weight is 725 g/mol. The number of amides is 3. The molecule has 9 nitrogen and oxygen atoms in total. The van der Waals surface area contributed by atoms with Gasteiger partial charge in [-0.2, -0.15) is 0 Å². The summed E-state index contributed by atoms with van der Waals surface area (Å²) in [6.07, 6.45) is 6.31. The van der Waals surface area contributed by atoms with E-state index in [0.717, 1.165) is 75.4 Å². The highest BCUT2D eigenvalue weighted by atomic mass is 16.5. The molecule has 2 N–H and O–H groups in total. The minimum Gasteiger partial charge on any atom is -0.508 e. The summed E-state index contributed by atoms with van der Waals surface area (Å²) >= 11 is 0. The van der Waals surface area contributed by atoms with Gasteiger partial charge in [0.25, 0.3) is 5.91 Å². The highest BCUT2D eigenvalue weighted by Crippen LogP contribution is 2.47. The maximum absolute atomic E-state index is 13.1. The molecule has 3 aliphatic heterocycles. The third-order valence-electron chi connectivity index (χ3n) is 12.6. The smallest absolute Gasteiger partial charge is 0.255 e. The molecule has 4 aromatic rings. The Morgan fingerprint density at radius 3 is 2.35 bits per heavy atom. The van der Waals surface area contributed by atoms with Crippen LogP contribution in [0.5, 0.6) is 11.5 Å². The van der Waals surface area contributed by atoms with E-state index in [2.05, 4.69) is 81.8 Å². The molecule has 1 saturated carbocycles. The van der Waals surface area contributed by atoms with Gasteiger partial charge in [-0.05, 0) is 127 Å². The first-order valence-corrected chi connectivity index (χ1v) is 19.7. The highest BCUT2D eigenvalue weighted by Gasteiger charge is 2.39. The van der Waals surface area contributed by atoms with E-state index < -0.39 is 6.04 Å². The molecule has 3 amide bonds. The Kier molecular flexibility index (Phi) is 9.35. The van der Waals surface area contributed by atoms with Crippen molar-refractivity contribution in [2.45, 2.75) is 75.5 Å². The monoisotopic (exact) mass is 724 g/mol. The minimum atomic E-state index is -0.587. The number of piperazine rings is 1. The van der Waals surface area contributed by atoms with Crippen LogP contribution in [-0.4, -0.2) is 77.5 Å². The number of nitrogens with zero attached hydrogens (tertiary/aromatic N) is 3. The lowest BCUT2D eigenvalue weighted by molar-refractivity contribution is -0.136. The number of anilines is 1. The number of piperidine rings is 1. The summed E-state index contributed by atoms with van der Waals surface area (Å²) in [5.74, 6) is 1.82. The van der Waals surface area contributed by atoms with Crippen molar-refractivity contribution in [2.24, 2.45) is 5.92 Å². The van der Waals surface area contributed by atoms with Crippen LogP contribution < -0.4 is 15.0 Å². The number of rotatable bonds is 9. The Bertz CT molecular complexity index is 2040. The lowest BCUT2D eigenvalue weighted by atomic mass is 9.69. The van der Waals surface area contributed by atoms with Crippen LogP contribution >= 0.6 is 0 Å². The van der Waals surface area contributed by atoms with E-state index in [1.165, 1.54) is 28.7 Å². The fourth-order valence-corrected chi connectivity index (χ4v) is 9.58. The lowest BCUT2D eigenvalue weighted by Crippen LogP contribution is -2.52. The van der Waals surface area contributed by atoms with Crippen LogP contribution in [0.15, 0.2) is 91.0 Å². The molecule has 0 bridgehead atoms. The van der Waals surface area contributed by atoms with E-state index in [-0.39, 0.29) is 36.2 Å². The van der Waals surface area contributed by atoms with Gasteiger partial charge in [0, 0.05) is 56.3 Å². The molecule has 1 unspecified atom stereocenters. The first-order chi connectivity index (χ1) is 26.4. The van der Waals surface area contributed by atoms with Crippen LogP contribution in [-0.2, 0) is 22.6 Å². The zero-order valence-electron chi connectivity index (χ0n) is 30.7. The zero-order chi connectivity index (χ0) is 36.8. The predicted octanol–water partition coefficient (Wildman–Crippen LogP) is 6.38. The van der Waals surface area contributed by atoms with Crippen molar-refractivity contribution in [1.29, 1.82) is 0 Å². The number of phenols is 1. The second-order valence-corrected chi connectivity index (χ2v) is 15.9. The van der Waals surface area contributed by atoms with Gasteiger partial charge in [-0.3, -0.25) is 24.6 Å². The summed E-state index contributed by atoms with van der Waals surface area (Å²) in [7, 11) is 0. The molecule has 54 heavy (non-hydrogen) atoms. The molecule has 3 fully saturated rings. The van der Waals surface area contributed by atoms with Gasteiger partial charge in [0.1, 0.15) is 17.5 Å².